The van der Waals surface area contributed by atoms with Gasteiger partial charge in [-0.1, -0.05) is 37.6 Å². The summed E-state index contributed by atoms with van der Waals surface area (Å²) in [6.45, 7) is 2.15. The summed E-state index contributed by atoms with van der Waals surface area (Å²) in [5.74, 6) is -0.275. The summed E-state index contributed by atoms with van der Waals surface area (Å²) < 4.78 is 0. The van der Waals surface area contributed by atoms with Gasteiger partial charge in [-0.05, 0) is 17.5 Å². The summed E-state index contributed by atoms with van der Waals surface area (Å²) in [6, 6.07) is 8.05. The molecule has 0 saturated heterocycles. The van der Waals surface area contributed by atoms with Crippen LogP contribution in [0.3, 0.4) is 0 Å². The maximum atomic E-state index is 10.6. The van der Waals surface area contributed by atoms with E-state index in [9.17, 15) is 4.79 Å². The molecule has 70 valence electrons. The van der Waals surface area contributed by atoms with E-state index in [1.54, 1.807) is 0 Å². The number of amides is 1. The summed E-state index contributed by atoms with van der Waals surface area (Å²) in [7, 11) is 0. The SMILES string of the molecule is CCCc1ccc(CC(N)=O)cc1. The minimum absolute atomic E-state index is 0.275. The van der Waals surface area contributed by atoms with Crippen LogP contribution >= 0.6 is 0 Å². The fourth-order valence-corrected chi connectivity index (χ4v) is 1.31. The summed E-state index contributed by atoms with van der Waals surface area (Å²) >= 11 is 0. The third-order valence-electron chi connectivity index (χ3n) is 1.94. The van der Waals surface area contributed by atoms with Gasteiger partial charge in [0.15, 0.2) is 0 Å². The van der Waals surface area contributed by atoms with E-state index in [0.29, 0.717) is 6.42 Å². The Labute approximate surface area is 78.8 Å². The molecule has 0 aromatic heterocycles. The Balaban J connectivity index is 2.64. The minimum atomic E-state index is -0.275. The molecule has 0 bridgehead atoms. The molecule has 2 nitrogen and oxygen atoms in total. The van der Waals surface area contributed by atoms with Crippen molar-refractivity contribution in [2.24, 2.45) is 5.73 Å². The molecule has 13 heavy (non-hydrogen) atoms. The fraction of sp³-hybridized carbons (Fsp3) is 0.364. The molecule has 1 aromatic carbocycles. The van der Waals surface area contributed by atoms with Crippen molar-refractivity contribution in [3.63, 3.8) is 0 Å². The molecule has 1 aromatic rings. The molecule has 0 saturated carbocycles. The van der Waals surface area contributed by atoms with Crippen LogP contribution in [-0.4, -0.2) is 5.91 Å². The number of hydrogen-bond donors (Lipinski definition) is 1. The second-order valence-corrected chi connectivity index (χ2v) is 3.21. The van der Waals surface area contributed by atoms with Crippen LogP contribution in [0, 0.1) is 0 Å². The van der Waals surface area contributed by atoms with Gasteiger partial charge < -0.3 is 5.73 Å². The predicted octanol–water partition coefficient (Wildman–Crippen LogP) is 1.67. The van der Waals surface area contributed by atoms with Crippen molar-refractivity contribution in [2.75, 3.05) is 0 Å². The molecule has 0 aliphatic rings. The number of primary amides is 1. The minimum Gasteiger partial charge on any atom is -0.369 e. The summed E-state index contributed by atoms with van der Waals surface area (Å²) in [6.07, 6.45) is 2.58. The number of benzene rings is 1. The van der Waals surface area contributed by atoms with Crippen LogP contribution < -0.4 is 5.73 Å². The summed E-state index contributed by atoms with van der Waals surface area (Å²) in [4.78, 5) is 10.6. The van der Waals surface area contributed by atoms with Crippen LogP contribution in [0.4, 0.5) is 0 Å². The van der Waals surface area contributed by atoms with Gasteiger partial charge in [0.2, 0.25) is 5.91 Å². The molecule has 0 unspecified atom stereocenters. The van der Waals surface area contributed by atoms with Crippen molar-refractivity contribution in [3.8, 4) is 0 Å². The van der Waals surface area contributed by atoms with Crippen LogP contribution in [-0.2, 0) is 17.6 Å². The van der Waals surface area contributed by atoms with E-state index in [4.69, 9.17) is 5.73 Å². The average molecular weight is 177 g/mol. The van der Waals surface area contributed by atoms with Crippen LogP contribution in [0.25, 0.3) is 0 Å². The van der Waals surface area contributed by atoms with Gasteiger partial charge in [0.25, 0.3) is 0 Å². The number of nitrogens with two attached hydrogens (primary N) is 1. The third kappa shape index (κ3) is 3.28. The molecule has 2 heteroatoms. The molecule has 2 N–H and O–H groups in total. The number of carbonyl (C=O) groups excluding carboxylic acids is 1. The monoisotopic (exact) mass is 177 g/mol. The number of hydrogen-bond acceptors (Lipinski definition) is 1. The lowest BCUT2D eigenvalue weighted by Crippen LogP contribution is -2.13. The summed E-state index contributed by atoms with van der Waals surface area (Å²) in [5.41, 5.74) is 7.39. The molecule has 0 heterocycles. The lowest BCUT2D eigenvalue weighted by atomic mass is 10.1. The molecular weight excluding hydrogens is 162 g/mol. The third-order valence-corrected chi connectivity index (χ3v) is 1.94. The molecule has 0 radical (unpaired) electrons. The van der Waals surface area contributed by atoms with Gasteiger partial charge in [-0.3, -0.25) is 4.79 Å². The second kappa shape index (κ2) is 4.65. The van der Waals surface area contributed by atoms with E-state index in [1.165, 1.54) is 5.56 Å². The standard InChI is InChI=1S/C11H15NO/c1-2-3-9-4-6-10(7-5-9)8-11(12)13/h4-7H,2-3,8H2,1H3,(H2,12,13). The lowest BCUT2D eigenvalue weighted by Gasteiger charge is -2.00. The van der Waals surface area contributed by atoms with Gasteiger partial charge in [0.1, 0.15) is 0 Å². The van der Waals surface area contributed by atoms with E-state index in [1.807, 2.05) is 12.1 Å². The van der Waals surface area contributed by atoms with Gasteiger partial charge in [-0.25, -0.2) is 0 Å². The van der Waals surface area contributed by atoms with Crippen LogP contribution in [0.5, 0.6) is 0 Å². The van der Waals surface area contributed by atoms with Crippen LogP contribution in [0.15, 0.2) is 24.3 Å². The highest BCUT2D eigenvalue weighted by molar-refractivity contribution is 5.76. The van der Waals surface area contributed by atoms with Crippen molar-refractivity contribution in [2.45, 2.75) is 26.2 Å². The molecule has 0 atom stereocenters. The Kier molecular flexibility index (Phi) is 3.50. The second-order valence-electron chi connectivity index (χ2n) is 3.21. The Bertz CT molecular complexity index is 277. The molecule has 0 fully saturated rings. The number of aryl methyl sites for hydroxylation is 1. The Morgan fingerprint density at radius 2 is 1.77 bits per heavy atom. The van der Waals surface area contributed by atoms with Gasteiger partial charge in [0.05, 0.1) is 6.42 Å². The Hall–Kier alpha value is -1.31. The molecule has 1 rings (SSSR count). The van der Waals surface area contributed by atoms with Crippen LogP contribution in [0.2, 0.25) is 0 Å². The van der Waals surface area contributed by atoms with Gasteiger partial charge in [0, 0.05) is 0 Å². The average Bonchev–Trinajstić information content (AvgIpc) is 2.08. The zero-order chi connectivity index (χ0) is 9.68. The van der Waals surface area contributed by atoms with Crippen LogP contribution in [0.1, 0.15) is 24.5 Å². The highest BCUT2D eigenvalue weighted by Gasteiger charge is 1.97. The zero-order valence-electron chi connectivity index (χ0n) is 7.92. The summed E-state index contributed by atoms with van der Waals surface area (Å²) in [5, 5.41) is 0. The predicted molar refractivity (Wildman–Crippen MR) is 53.3 cm³/mol. The maximum Gasteiger partial charge on any atom is 0.221 e. The maximum absolute atomic E-state index is 10.6. The van der Waals surface area contributed by atoms with E-state index < -0.39 is 0 Å². The normalized spacial score (nSPS) is 9.92. The Morgan fingerprint density at radius 1 is 1.23 bits per heavy atom. The van der Waals surface area contributed by atoms with E-state index in [2.05, 4.69) is 19.1 Å². The van der Waals surface area contributed by atoms with Crippen molar-refractivity contribution < 1.29 is 4.79 Å². The lowest BCUT2D eigenvalue weighted by molar-refractivity contribution is -0.117. The first-order valence-corrected chi connectivity index (χ1v) is 4.58. The molecule has 0 spiro atoms. The molecule has 0 aliphatic heterocycles. The quantitative estimate of drug-likeness (QED) is 0.746. The van der Waals surface area contributed by atoms with E-state index in [-0.39, 0.29) is 5.91 Å². The topological polar surface area (TPSA) is 43.1 Å². The fourth-order valence-electron chi connectivity index (χ4n) is 1.31. The largest absolute Gasteiger partial charge is 0.369 e. The molecule has 0 aliphatic carbocycles. The van der Waals surface area contributed by atoms with E-state index in [0.717, 1.165) is 18.4 Å². The smallest absolute Gasteiger partial charge is 0.221 e. The first-order chi connectivity index (χ1) is 6.22. The van der Waals surface area contributed by atoms with Gasteiger partial charge in [-0.15, -0.1) is 0 Å². The van der Waals surface area contributed by atoms with Crippen molar-refractivity contribution in [1.29, 1.82) is 0 Å². The molecular formula is C11H15NO. The Morgan fingerprint density at radius 3 is 2.23 bits per heavy atom. The highest BCUT2D eigenvalue weighted by atomic mass is 16.1. The van der Waals surface area contributed by atoms with Crippen molar-refractivity contribution >= 4 is 5.91 Å². The number of carbonyl (C=O) groups is 1. The first-order valence-electron chi connectivity index (χ1n) is 4.58. The van der Waals surface area contributed by atoms with Crippen molar-refractivity contribution in [1.82, 2.24) is 0 Å². The zero-order valence-corrected chi connectivity index (χ0v) is 7.92. The molecule has 1 amide bonds. The number of rotatable bonds is 4. The highest BCUT2D eigenvalue weighted by Crippen LogP contribution is 2.06. The van der Waals surface area contributed by atoms with E-state index >= 15 is 0 Å². The first kappa shape index (κ1) is 9.78. The van der Waals surface area contributed by atoms with Crippen molar-refractivity contribution in [3.05, 3.63) is 35.4 Å². The van der Waals surface area contributed by atoms with Gasteiger partial charge >= 0.3 is 0 Å². The van der Waals surface area contributed by atoms with Gasteiger partial charge in [-0.2, -0.15) is 0 Å².